The molecule has 1 amide bonds. The quantitative estimate of drug-likeness (QED) is 0.804. The predicted molar refractivity (Wildman–Crippen MR) is 110 cm³/mol. The van der Waals surface area contributed by atoms with Crippen molar-refractivity contribution in [3.8, 4) is 0 Å². The van der Waals surface area contributed by atoms with Crippen molar-refractivity contribution in [2.45, 2.75) is 39.2 Å². The van der Waals surface area contributed by atoms with Gasteiger partial charge in [-0.2, -0.15) is 0 Å². The number of likely N-dealkylation sites (tertiary alicyclic amines) is 1. The van der Waals surface area contributed by atoms with Crippen LogP contribution in [0.4, 0.5) is 10.5 Å². The maximum atomic E-state index is 12.2. The maximum absolute atomic E-state index is 12.2. The van der Waals surface area contributed by atoms with E-state index in [0.717, 1.165) is 54.8 Å². The van der Waals surface area contributed by atoms with Crippen molar-refractivity contribution in [3.63, 3.8) is 0 Å². The van der Waals surface area contributed by atoms with Gasteiger partial charge in [-0.3, -0.25) is 0 Å². The Bertz CT molecular complexity index is 914. The molecule has 6 nitrogen and oxygen atoms in total. The maximum Gasteiger partial charge on any atom is 0.410 e. The van der Waals surface area contributed by atoms with E-state index in [-0.39, 0.29) is 11.5 Å². The third kappa shape index (κ3) is 3.68. The number of aromatic carboxylic acids is 1. The average molecular weight is 403 g/mol. The van der Waals surface area contributed by atoms with Crippen molar-refractivity contribution in [3.05, 3.63) is 29.1 Å². The van der Waals surface area contributed by atoms with E-state index in [9.17, 15) is 14.7 Å². The molecule has 0 unspecified atom stereocenters. The van der Waals surface area contributed by atoms with Gasteiger partial charge in [0.15, 0.2) is 0 Å². The Morgan fingerprint density at radius 2 is 1.82 bits per heavy atom. The molecule has 0 atom stereocenters. The van der Waals surface area contributed by atoms with E-state index in [0.29, 0.717) is 4.88 Å². The van der Waals surface area contributed by atoms with Crippen molar-refractivity contribution >= 4 is 39.2 Å². The summed E-state index contributed by atoms with van der Waals surface area (Å²) in [5, 5.41) is 10.2. The zero-order valence-corrected chi connectivity index (χ0v) is 17.3. The third-order valence-corrected chi connectivity index (χ3v) is 6.69. The number of nitrogens with zero attached hydrogens (tertiary/aromatic N) is 2. The van der Waals surface area contributed by atoms with Crippen LogP contribution >= 0.6 is 11.3 Å². The summed E-state index contributed by atoms with van der Waals surface area (Å²) < 4.78 is 6.47. The molecule has 2 aliphatic rings. The number of benzene rings is 1. The zero-order valence-electron chi connectivity index (χ0n) is 16.5. The SMILES string of the molecule is CC(C)(C)OC(=O)N1CC2(CCN(c3ccc4cc(C(=O)O)sc4c3)CC2)C1. The van der Waals surface area contributed by atoms with Crippen LogP contribution in [0.3, 0.4) is 0 Å². The fourth-order valence-electron chi connectivity index (χ4n) is 4.10. The molecule has 1 aromatic carbocycles. The van der Waals surface area contributed by atoms with Gasteiger partial charge in [-0.25, -0.2) is 9.59 Å². The van der Waals surface area contributed by atoms with Gasteiger partial charge < -0.3 is 19.6 Å². The molecule has 1 spiro atoms. The van der Waals surface area contributed by atoms with Crippen LogP contribution in [0.25, 0.3) is 10.1 Å². The van der Waals surface area contributed by atoms with E-state index in [2.05, 4.69) is 17.0 Å². The summed E-state index contributed by atoms with van der Waals surface area (Å²) in [4.78, 5) is 27.9. The van der Waals surface area contributed by atoms with Gasteiger partial charge in [0.1, 0.15) is 10.5 Å². The Morgan fingerprint density at radius 1 is 1.14 bits per heavy atom. The van der Waals surface area contributed by atoms with E-state index in [1.807, 2.05) is 31.7 Å². The normalized spacial score (nSPS) is 19.0. The number of rotatable bonds is 2. The minimum Gasteiger partial charge on any atom is -0.477 e. The van der Waals surface area contributed by atoms with Crippen LogP contribution in [-0.4, -0.2) is 53.8 Å². The molecular weight excluding hydrogens is 376 g/mol. The van der Waals surface area contributed by atoms with Crippen LogP contribution in [0.5, 0.6) is 0 Å². The summed E-state index contributed by atoms with van der Waals surface area (Å²) in [6.07, 6.45) is 1.89. The van der Waals surface area contributed by atoms with Gasteiger partial charge in [-0.15, -0.1) is 11.3 Å². The lowest BCUT2D eigenvalue weighted by atomic mass is 9.72. The molecule has 0 saturated carbocycles. The molecule has 2 saturated heterocycles. The molecule has 0 bridgehead atoms. The Labute approximate surface area is 168 Å². The highest BCUT2D eigenvalue weighted by molar-refractivity contribution is 7.20. The first-order valence-corrected chi connectivity index (χ1v) is 10.5. The van der Waals surface area contributed by atoms with Crippen LogP contribution in [-0.2, 0) is 4.74 Å². The van der Waals surface area contributed by atoms with Gasteiger partial charge in [0.2, 0.25) is 0 Å². The van der Waals surface area contributed by atoms with Crippen molar-refractivity contribution in [2.24, 2.45) is 5.41 Å². The fourth-order valence-corrected chi connectivity index (χ4v) is 5.03. The molecule has 3 heterocycles. The number of hydrogen-bond donors (Lipinski definition) is 1. The summed E-state index contributed by atoms with van der Waals surface area (Å²) in [6.45, 7) is 9.13. The van der Waals surface area contributed by atoms with Crippen molar-refractivity contribution in [1.82, 2.24) is 4.90 Å². The predicted octanol–water partition coefficient (Wildman–Crippen LogP) is 4.44. The van der Waals surface area contributed by atoms with E-state index in [1.165, 1.54) is 11.3 Å². The Balaban J connectivity index is 1.37. The average Bonchev–Trinajstić information content (AvgIpc) is 3.02. The minimum atomic E-state index is -0.873. The number of hydrogen-bond acceptors (Lipinski definition) is 5. The molecule has 0 aliphatic carbocycles. The van der Waals surface area contributed by atoms with E-state index in [1.54, 1.807) is 6.07 Å². The summed E-state index contributed by atoms with van der Waals surface area (Å²) in [5.41, 5.74) is 0.908. The van der Waals surface area contributed by atoms with Crippen LogP contribution < -0.4 is 4.90 Å². The first kappa shape index (κ1) is 19.1. The number of anilines is 1. The second kappa shape index (κ2) is 6.65. The van der Waals surface area contributed by atoms with Crippen LogP contribution in [0.1, 0.15) is 43.3 Å². The number of piperidine rings is 1. The van der Waals surface area contributed by atoms with Crippen LogP contribution in [0.15, 0.2) is 24.3 Å². The lowest BCUT2D eigenvalue weighted by Gasteiger charge is -2.54. The molecule has 2 aromatic rings. The first-order chi connectivity index (χ1) is 13.1. The Hall–Kier alpha value is -2.28. The van der Waals surface area contributed by atoms with Crippen molar-refractivity contribution < 1.29 is 19.4 Å². The third-order valence-electron chi connectivity index (χ3n) is 5.61. The number of carboxylic acid groups (broad SMARTS) is 1. The van der Waals surface area contributed by atoms with Gasteiger partial charge >= 0.3 is 12.1 Å². The topological polar surface area (TPSA) is 70.1 Å². The number of amides is 1. The highest BCUT2D eigenvalue weighted by Gasteiger charge is 2.47. The molecule has 4 rings (SSSR count). The number of ether oxygens (including phenoxy) is 1. The summed E-state index contributed by atoms with van der Waals surface area (Å²) in [5.74, 6) is -0.873. The van der Waals surface area contributed by atoms with Gasteiger partial charge in [-0.1, -0.05) is 6.07 Å². The summed E-state index contributed by atoms with van der Waals surface area (Å²) >= 11 is 1.32. The van der Waals surface area contributed by atoms with Gasteiger partial charge in [-0.05, 0) is 57.2 Å². The summed E-state index contributed by atoms with van der Waals surface area (Å²) in [6, 6.07) is 7.91. The minimum absolute atomic E-state index is 0.210. The molecule has 1 aromatic heterocycles. The fraction of sp³-hybridized carbons (Fsp3) is 0.524. The zero-order chi connectivity index (χ0) is 20.1. The number of thiophene rings is 1. The van der Waals surface area contributed by atoms with Crippen molar-refractivity contribution in [2.75, 3.05) is 31.1 Å². The van der Waals surface area contributed by atoms with E-state index < -0.39 is 11.6 Å². The smallest absolute Gasteiger partial charge is 0.410 e. The largest absolute Gasteiger partial charge is 0.477 e. The second-order valence-electron chi connectivity index (χ2n) is 8.96. The molecule has 2 fully saturated rings. The second-order valence-corrected chi connectivity index (χ2v) is 10.0. The highest BCUT2D eigenvalue weighted by atomic mass is 32.1. The standard InChI is InChI=1S/C21H26N2O4S/c1-20(2,3)27-19(26)23-12-21(13-23)6-8-22(9-7-21)15-5-4-14-10-17(18(24)25)28-16(14)11-15/h4-5,10-11H,6-9,12-13H2,1-3H3,(H,24,25). The number of carbonyl (C=O) groups excluding carboxylic acids is 1. The first-order valence-electron chi connectivity index (χ1n) is 9.64. The molecule has 1 N–H and O–H groups in total. The molecule has 150 valence electrons. The van der Waals surface area contributed by atoms with Crippen LogP contribution in [0, 0.1) is 5.41 Å². The molecule has 28 heavy (non-hydrogen) atoms. The van der Waals surface area contributed by atoms with E-state index >= 15 is 0 Å². The monoisotopic (exact) mass is 402 g/mol. The lowest BCUT2D eigenvalue weighted by Crippen LogP contribution is -2.62. The molecule has 0 radical (unpaired) electrons. The summed E-state index contributed by atoms with van der Waals surface area (Å²) in [7, 11) is 0. The lowest BCUT2D eigenvalue weighted by molar-refractivity contribution is -0.0434. The van der Waals surface area contributed by atoms with Crippen molar-refractivity contribution in [1.29, 1.82) is 0 Å². The number of carbonyl (C=O) groups is 2. The highest BCUT2D eigenvalue weighted by Crippen LogP contribution is 2.42. The molecule has 2 aliphatic heterocycles. The molecule has 7 heteroatoms. The van der Waals surface area contributed by atoms with Gasteiger partial charge in [0.25, 0.3) is 0 Å². The van der Waals surface area contributed by atoms with Gasteiger partial charge in [0, 0.05) is 42.0 Å². The van der Waals surface area contributed by atoms with Crippen LogP contribution in [0.2, 0.25) is 0 Å². The number of carboxylic acids is 1. The van der Waals surface area contributed by atoms with E-state index in [4.69, 9.17) is 4.74 Å². The Kier molecular flexibility index (Phi) is 4.53. The number of fused-ring (bicyclic) bond motifs is 1. The molecular formula is C21H26N2O4S. The van der Waals surface area contributed by atoms with Gasteiger partial charge in [0.05, 0.1) is 0 Å². The Morgan fingerprint density at radius 3 is 2.43 bits per heavy atom.